The lowest BCUT2D eigenvalue weighted by Gasteiger charge is -2.25. The second-order valence-electron chi connectivity index (χ2n) is 10.3. The zero-order valence-electron chi connectivity index (χ0n) is 22.4. The van der Waals surface area contributed by atoms with Gasteiger partial charge in [0, 0.05) is 12.3 Å². The molecule has 3 unspecified atom stereocenters. The summed E-state index contributed by atoms with van der Waals surface area (Å²) in [5.41, 5.74) is 8.24. The quantitative estimate of drug-likeness (QED) is 0.307. The predicted octanol–water partition coefficient (Wildman–Crippen LogP) is 8.10. The van der Waals surface area contributed by atoms with Crippen LogP contribution in [0.15, 0.2) is 130 Å². The maximum Gasteiger partial charge on any atom is 0.133 e. The average Bonchev–Trinajstić information content (AvgIpc) is 3.25. The summed E-state index contributed by atoms with van der Waals surface area (Å²) in [5, 5.41) is 18.9. The van der Waals surface area contributed by atoms with Gasteiger partial charge in [0.25, 0.3) is 0 Å². The van der Waals surface area contributed by atoms with Gasteiger partial charge in [-0.05, 0) is 72.3 Å². The van der Waals surface area contributed by atoms with E-state index in [9.17, 15) is 10.5 Å². The van der Waals surface area contributed by atoms with Crippen LogP contribution in [0.2, 0.25) is 0 Å². The number of hydrogen-bond acceptors (Lipinski definition) is 4. The lowest BCUT2D eigenvalue weighted by atomic mass is 9.87. The van der Waals surface area contributed by atoms with E-state index in [0.29, 0.717) is 30.3 Å². The third-order valence-electron chi connectivity index (χ3n) is 7.90. The highest BCUT2D eigenvalue weighted by atomic mass is 16.5. The van der Waals surface area contributed by atoms with Gasteiger partial charge in [0.15, 0.2) is 0 Å². The predicted molar refractivity (Wildman–Crippen MR) is 153 cm³/mol. The molecule has 0 aromatic heterocycles. The smallest absolute Gasteiger partial charge is 0.133 e. The monoisotopic (exact) mass is 512 g/mol. The number of allylic oxidation sites excluding steroid dienone is 6. The highest BCUT2D eigenvalue weighted by molar-refractivity contribution is 5.48. The fourth-order valence-electron chi connectivity index (χ4n) is 5.61. The van der Waals surface area contributed by atoms with Crippen molar-refractivity contribution in [1.82, 2.24) is 0 Å². The minimum absolute atomic E-state index is 0.0168. The van der Waals surface area contributed by atoms with Crippen LogP contribution >= 0.6 is 0 Å². The molecule has 0 radical (unpaired) electrons. The van der Waals surface area contributed by atoms with Crippen LogP contribution < -0.4 is 0 Å². The molecule has 0 N–H and O–H groups in total. The van der Waals surface area contributed by atoms with E-state index in [1.807, 2.05) is 54.6 Å². The van der Waals surface area contributed by atoms with Gasteiger partial charge in [-0.15, -0.1) is 0 Å². The zero-order valence-corrected chi connectivity index (χ0v) is 22.4. The molecule has 4 heteroatoms. The summed E-state index contributed by atoms with van der Waals surface area (Å²) >= 11 is 0. The lowest BCUT2D eigenvalue weighted by Crippen LogP contribution is -2.17. The summed E-state index contributed by atoms with van der Waals surface area (Å²) in [6, 6.07) is 24.7. The molecule has 0 bridgehead atoms. The van der Waals surface area contributed by atoms with Gasteiger partial charge < -0.3 is 9.47 Å². The van der Waals surface area contributed by atoms with Gasteiger partial charge in [0.1, 0.15) is 35.7 Å². The van der Waals surface area contributed by atoms with E-state index in [1.54, 1.807) is 6.08 Å². The highest BCUT2D eigenvalue weighted by Crippen LogP contribution is 2.40. The van der Waals surface area contributed by atoms with Gasteiger partial charge in [-0.25, -0.2) is 0 Å². The Bertz CT molecular complexity index is 1480. The second-order valence-corrected chi connectivity index (χ2v) is 10.3. The molecule has 5 rings (SSSR count). The molecule has 0 saturated heterocycles. The van der Waals surface area contributed by atoms with E-state index in [4.69, 9.17) is 9.47 Å². The Hall–Kier alpha value is -4.38. The van der Waals surface area contributed by atoms with Crippen molar-refractivity contribution in [2.75, 3.05) is 6.61 Å². The van der Waals surface area contributed by atoms with Gasteiger partial charge in [-0.3, -0.25) is 0 Å². The number of hydrogen-bond donors (Lipinski definition) is 0. The van der Waals surface area contributed by atoms with E-state index in [1.165, 1.54) is 22.3 Å². The fourth-order valence-corrected chi connectivity index (χ4v) is 5.61. The number of nitriles is 2. The van der Waals surface area contributed by atoms with E-state index < -0.39 is 0 Å². The molecule has 3 atom stereocenters. The van der Waals surface area contributed by atoms with Gasteiger partial charge >= 0.3 is 0 Å². The third-order valence-corrected chi connectivity index (χ3v) is 7.90. The summed E-state index contributed by atoms with van der Waals surface area (Å²) < 4.78 is 12.8. The fraction of sp³-hybridized carbons (Fsp3) is 0.257. The number of rotatable bonds is 4. The van der Waals surface area contributed by atoms with Crippen molar-refractivity contribution in [3.8, 4) is 12.1 Å². The van der Waals surface area contributed by atoms with Crippen molar-refractivity contribution in [3.05, 3.63) is 141 Å². The van der Waals surface area contributed by atoms with Crippen LogP contribution in [-0.4, -0.2) is 12.7 Å². The molecule has 194 valence electrons. The summed E-state index contributed by atoms with van der Waals surface area (Å²) in [5.74, 6) is 1.03. The van der Waals surface area contributed by atoms with Gasteiger partial charge in [-0.2, -0.15) is 10.5 Å². The maximum atomic E-state index is 9.47. The first kappa shape index (κ1) is 26.2. The first-order valence-electron chi connectivity index (χ1n) is 13.5. The SMILES string of the molecule is CC1=C(C)C(c2ccccc2)CCC2=CC=C(/C=C/C3=CC(=C(C#N)C#N)CC(c4ccccc4)O3)COC21. The Labute approximate surface area is 231 Å². The van der Waals surface area contributed by atoms with Gasteiger partial charge in [-0.1, -0.05) is 84.5 Å². The van der Waals surface area contributed by atoms with Crippen molar-refractivity contribution in [2.24, 2.45) is 0 Å². The molecule has 2 aromatic carbocycles. The molecule has 0 saturated carbocycles. The highest BCUT2D eigenvalue weighted by Gasteiger charge is 2.28. The first-order chi connectivity index (χ1) is 19.1. The van der Waals surface area contributed by atoms with Crippen LogP contribution in [0.25, 0.3) is 0 Å². The van der Waals surface area contributed by atoms with Crippen LogP contribution in [0.3, 0.4) is 0 Å². The number of fused-ring (bicyclic) bond motifs is 1. The van der Waals surface area contributed by atoms with Crippen LogP contribution in [0.5, 0.6) is 0 Å². The summed E-state index contributed by atoms with van der Waals surface area (Å²) in [6.07, 6.45) is 12.3. The average molecular weight is 513 g/mol. The maximum absolute atomic E-state index is 9.47. The Morgan fingerprint density at radius 1 is 0.872 bits per heavy atom. The Balaban J connectivity index is 1.37. The summed E-state index contributed by atoms with van der Waals surface area (Å²) in [4.78, 5) is 0. The molecule has 2 aliphatic heterocycles. The molecule has 1 aliphatic carbocycles. The van der Waals surface area contributed by atoms with E-state index in [0.717, 1.165) is 24.0 Å². The Morgan fingerprint density at radius 2 is 1.56 bits per heavy atom. The van der Waals surface area contributed by atoms with E-state index >= 15 is 0 Å². The van der Waals surface area contributed by atoms with Crippen molar-refractivity contribution in [2.45, 2.75) is 51.2 Å². The molecule has 39 heavy (non-hydrogen) atoms. The third kappa shape index (κ3) is 5.88. The zero-order chi connectivity index (χ0) is 27.2. The first-order valence-corrected chi connectivity index (χ1v) is 13.5. The van der Waals surface area contributed by atoms with Crippen molar-refractivity contribution in [1.29, 1.82) is 10.5 Å². The standard InChI is InChI=1S/C35H32N2O2/c1-24-25(2)35-29(16-18-33(24)27-9-5-3-6-10-27)15-13-26(23-38-35)14-17-32-19-30(31(21-36)22-37)20-34(39-32)28-11-7-4-8-12-28/h3-15,17,19,33-35H,16,18,20,23H2,1-2H3/b17-14+. The second kappa shape index (κ2) is 12.0. The molecular formula is C35H32N2O2. The molecule has 2 aromatic rings. The topological polar surface area (TPSA) is 66.0 Å². The molecule has 2 heterocycles. The number of ether oxygens (including phenoxy) is 2. The lowest BCUT2D eigenvalue weighted by molar-refractivity contribution is 0.117. The van der Waals surface area contributed by atoms with Gasteiger partial charge in [0.2, 0.25) is 0 Å². The van der Waals surface area contributed by atoms with Crippen molar-refractivity contribution >= 4 is 0 Å². The van der Waals surface area contributed by atoms with Crippen LogP contribution in [0, 0.1) is 22.7 Å². The minimum atomic E-state index is -0.260. The largest absolute Gasteiger partial charge is 0.485 e. The molecular weight excluding hydrogens is 480 g/mol. The van der Waals surface area contributed by atoms with Crippen molar-refractivity contribution < 1.29 is 9.47 Å². The van der Waals surface area contributed by atoms with Gasteiger partial charge in [0.05, 0.1) is 6.61 Å². The molecule has 3 aliphatic rings. The molecule has 0 amide bonds. The number of benzene rings is 2. The van der Waals surface area contributed by atoms with Crippen molar-refractivity contribution in [3.63, 3.8) is 0 Å². The number of nitrogens with zero attached hydrogens (tertiary/aromatic N) is 2. The van der Waals surface area contributed by atoms with Crippen LogP contribution in [0.1, 0.15) is 56.3 Å². The Morgan fingerprint density at radius 3 is 2.26 bits per heavy atom. The summed E-state index contributed by atoms with van der Waals surface area (Å²) in [6.45, 7) is 4.94. The molecule has 4 nitrogen and oxygen atoms in total. The van der Waals surface area contributed by atoms with E-state index in [-0.39, 0.29) is 17.8 Å². The minimum Gasteiger partial charge on any atom is -0.485 e. The van der Waals surface area contributed by atoms with E-state index in [2.05, 4.69) is 56.3 Å². The summed E-state index contributed by atoms with van der Waals surface area (Å²) in [7, 11) is 0. The molecule has 0 fully saturated rings. The van der Waals surface area contributed by atoms with Crippen LogP contribution in [0.4, 0.5) is 0 Å². The molecule has 0 spiro atoms. The van der Waals surface area contributed by atoms with Crippen LogP contribution in [-0.2, 0) is 9.47 Å². The Kier molecular flexibility index (Phi) is 8.07. The normalized spacial score (nSPS) is 23.2.